The minimum atomic E-state index is -1.08. The Hall–Kier alpha value is -3.17. The zero-order valence-corrected chi connectivity index (χ0v) is 19.9. The number of carbonyl (C=O) groups is 2. The van der Waals surface area contributed by atoms with Crippen molar-refractivity contribution in [2.24, 2.45) is 0 Å². The van der Waals surface area contributed by atoms with Crippen molar-refractivity contribution in [1.29, 1.82) is 0 Å². The molecule has 1 amide bonds. The third-order valence-corrected chi connectivity index (χ3v) is 5.92. The highest BCUT2D eigenvalue weighted by Gasteiger charge is 2.24. The minimum absolute atomic E-state index is 0.0703. The Morgan fingerprint density at radius 2 is 2.21 bits per heavy atom. The number of thiazole rings is 1. The highest BCUT2D eigenvalue weighted by atomic mass is 32.1. The Bertz CT molecular complexity index is 963. The number of carboxylic acid groups (broad SMARTS) is 1. The Morgan fingerprint density at radius 1 is 1.45 bits per heavy atom. The SMILES string of the molecule is C=C/C=C(\C=C/CC(=O)NC(C)C(=O)O)CN(CC)c1nc(C2C=C(OC)C=CC2O)cs1. The molecule has 2 rings (SSSR count). The van der Waals surface area contributed by atoms with Crippen LogP contribution >= 0.6 is 11.3 Å². The molecule has 0 aliphatic heterocycles. The van der Waals surface area contributed by atoms with E-state index in [0.29, 0.717) is 18.8 Å². The lowest BCUT2D eigenvalue weighted by Gasteiger charge is -2.22. The number of hydrogen-bond acceptors (Lipinski definition) is 7. The summed E-state index contributed by atoms with van der Waals surface area (Å²) < 4.78 is 5.28. The van der Waals surface area contributed by atoms with Crippen LogP contribution in [0.25, 0.3) is 0 Å². The molecule has 0 fully saturated rings. The van der Waals surface area contributed by atoms with E-state index in [-0.39, 0.29) is 18.2 Å². The lowest BCUT2D eigenvalue weighted by Crippen LogP contribution is -2.37. The van der Waals surface area contributed by atoms with E-state index in [1.807, 2.05) is 30.5 Å². The molecule has 1 aliphatic rings. The first-order valence-electron chi connectivity index (χ1n) is 10.6. The van der Waals surface area contributed by atoms with Crippen LogP contribution in [0.5, 0.6) is 0 Å². The second-order valence-electron chi connectivity index (χ2n) is 7.43. The van der Waals surface area contributed by atoms with Crippen LogP contribution in [0.4, 0.5) is 5.13 Å². The van der Waals surface area contributed by atoms with E-state index in [0.717, 1.165) is 16.4 Å². The molecule has 1 aromatic rings. The Morgan fingerprint density at radius 3 is 2.85 bits per heavy atom. The fourth-order valence-electron chi connectivity index (χ4n) is 3.14. The maximum Gasteiger partial charge on any atom is 0.325 e. The standard InChI is InChI=1S/C24H31N3O5S/c1-5-8-17(9-7-10-22(29)25-16(3)23(30)31)14-27(6-2)24-26-20(15-33-24)19-13-18(32-4)11-12-21(19)28/h5,7-9,11-13,15-16,19,21,28H,1,6,10,14H2,2-4H3,(H,25,29)(H,30,31)/b9-7-,17-8+. The average Bonchev–Trinajstić information content (AvgIpc) is 3.27. The van der Waals surface area contributed by atoms with Crippen molar-refractivity contribution in [3.05, 3.63) is 71.5 Å². The lowest BCUT2D eigenvalue weighted by molar-refractivity contribution is -0.141. The highest BCUT2D eigenvalue weighted by molar-refractivity contribution is 7.13. The summed E-state index contributed by atoms with van der Waals surface area (Å²) >= 11 is 1.50. The number of allylic oxidation sites excluding steroid dienone is 3. The number of nitrogens with zero attached hydrogens (tertiary/aromatic N) is 2. The van der Waals surface area contributed by atoms with E-state index in [1.54, 1.807) is 31.4 Å². The predicted octanol–water partition coefficient (Wildman–Crippen LogP) is 3.16. The zero-order valence-electron chi connectivity index (χ0n) is 19.1. The van der Waals surface area contributed by atoms with Crippen LogP contribution in [-0.2, 0) is 14.3 Å². The number of hydrogen-bond donors (Lipinski definition) is 3. The van der Waals surface area contributed by atoms with Crippen LogP contribution in [0.1, 0.15) is 31.9 Å². The number of carbonyl (C=O) groups excluding carboxylic acids is 1. The number of carboxylic acids is 1. The molecule has 3 unspecified atom stereocenters. The van der Waals surface area contributed by atoms with Crippen LogP contribution in [-0.4, -0.2) is 59.4 Å². The van der Waals surface area contributed by atoms with Gasteiger partial charge < -0.3 is 25.2 Å². The van der Waals surface area contributed by atoms with E-state index in [4.69, 9.17) is 14.8 Å². The fraction of sp³-hybridized carbons (Fsp3) is 0.375. The van der Waals surface area contributed by atoms with Gasteiger partial charge in [0.2, 0.25) is 5.91 Å². The second-order valence-corrected chi connectivity index (χ2v) is 8.27. The van der Waals surface area contributed by atoms with Gasteiger partial charge >= 0.3 is 5.97 Å². The summed E-state index contributed by atoms with van der Waals surface area (Å²) in [4.78, 5) is 29.6. The molecular formula is C24H31N3O5S. The topological polar surface area (TPSA) is 112 Å². The molecular weight excluding hydrogens is 442 g/mol. The van der Waals surface area contributed by atoms with E-state index in [2.05, 4.69) is 16.8 Å². The summed E-state index contributed by atoms with van der Waals surface area (Å²) in [6, 6.07) is -0.934. The van der Waals surface area contributed by atoms with Gasteiger partial charge in [0.05, 0.1) is 24.8 Å². The number of nitrogens with one attached hydrogen (secondary N) is 1. The van der Waals surface area contributed by atoms with E-state index in [1.165, 1.54) is 18.3 Å². The normalized spacial score (nSPS) is 19.2. The van der Waals surface area contributed by atoms with Gasteiger partial charge in [0, 0.05) is 24.9 Å². The summed E-state index contributed by atoms with van der Waals surface area (Å²) in [7, 11) is 1.59. The number of aliphatic carboxylic acids is 1. The summed E-state index contributed by atoms with van der Waals surface area (Å²) in [5, 5.41) is 24.4. The molecule has 8 nitrogen and oxygen atoms in total. The van der Waals surface area contributed by atoms with Crippen LogP contribution in [0.3, 0.4) is 0 Å². The smallest absolute Gasteiger partial charge is 0.325 e. The van der Waals surface area contributed by atoms with Crippen molar-refractivity contribution in [1.82, 2.24) is 10.3 Å². The first-order valence-corrected chi connectivity index (χ1v) is 11.5. The summed E-state index contributed by atoms with van der Waals surface area (Å²) in [6.07, 6.45) is 11.8. The Kier molecular flexibility index (Phi) is 10.1. The number of aliphatic hydroxyl groups is 1. The van der Waals surface area contributed by atoms with Crippen LogP contribution in [0.15, 0.2) is 65.8 Å². The van der Waals surface area contributed by atoms with Crippen molar-refractivity contribution in [2.75, 3.05) is 25.1 Å². The highest BCUT2D eigenvalue weighted by Crippen LogP contribution is 2.32. The molecule has 0 spiro atoms. The summed E-state index contributed by atoms with van der Waals surface area (Å²) in [5.41, 5.74) is 1.69. The first kappa shape index (κ1) is 26.1. The van der Waals surface area contributed by atoms with Crippen LogP contribution in [0, 0.1) is 0 Å². The molecule has 1 heterocycles. The van der Waals surface area contributed by atoms with Gasteiger partial charge in [-0.1, -0.05) is 37.0 Å². The molecule has 1 aliphatic carbocycles. The van der Waals surface area contributed by atoms with Crippen molar-refractivity contribution in [3.8, 4) is 0 Å². The molecule has 0 saturated heterocycles. The van der Waals surface area contributed by atoms with Crippen molar-refractivity contribution < 1.29 is 24.5 Å². The monoisotopic (exact) mass is 473 g/mol. The maximum absolute atomic E-state index is 11.9. The van der Waals surface area contributed by atoms with Gasteiger partial charge in [0.1, 0.15) is 11.8 Å². The van der Waals surface area contributed by atoms with E-state index in [9.17, 15) is 14.7 Å². The largest absolute Gasteiger partial charge is 0.497 e. The van der Waals surface area contributed by atoms with Gasteiger partial charge in [-0.3, -0.25) is 9.59 Å². The van der Waals surface area contributed by atoms with E-state index >= 15 is 0 Å². The van der Waals surface area contributed by atoms with E-state index < -0.39 is 18.1 Å². The van der Waals surface area contributed by atoms with Gasteiger partial charge in [0.15, 0.2) is 5.13 Å². The number of likely N-dealkylation sites (N-methyl/N-ethyl adjacent to an activating group) is 1. The number of amides is 1. The van der Waals surface area contributed by atoms with Crippen molar-refractivity contribution in [2.45, 2.75) is 38.3 Å². The number of anilines is 1. The second kappa shape index (κ2) is 12.8. The Labute approximate surface area is 198 Å². The third-order valence-electron chi connectivity index (χ3n) is 5.00. The Balaban J connectivity index is 2.07. The number of rotatable bonds is 12. The molecule has 0 bridgehead atoms. The molecule has 178 valence electrons. The third kappa shape index (κ3) is 7.73. The number of ether oxygens (including phenoxy) is 1. The molecule has 33 heavy (non-hydrogen) atoms. The van der Waals surface area contributed by atoms with Gasteiger partial charge in [-0.25, -0.2) is 4.98 Å². The molecule has 9 heteroatoms. The predicted molar refractivity (Wildman–Crippen MR) is 130 cm³/mol. The van der Waals surface area contributed by atoms with Gasteiger partial charge in [0.25, 0.3) is 0 Å². The maximum atomic E-state index is 11.9. The number of methoxy groups -OCH3 is 1. The average molecular weight is 474 g/mol. The molecule has 0 aromatic carbocycles. The molecule has 1 aromatic heterocycles. The first-order chi connectivity index (χ1) is 15.8. The zero-order chi connectivity index (χ0) is 24.4. The summed E-state index contributed by atoms with van der Waals surface area (Å²) in [5.74, 6) is -1.02. The molecule has 0 radical (unpaired) electrons. The minimum Gasteiger partial charge on any atom is -0.497 e. The van der Waals surface area contributed by atoms with Crippen LogP contribution in [0.2, 0.25) is 0 Å². The van der Waals surface area contributed by atoms with Crippen molar-refractivity contribution >= 4 is 28.3 Å². The van der Waals surface area contributed by atoms with Crippen LogP contribution < -0.4 is 10.2 Å². The summed E-state index contributed by atoms with van der Waals surface area (Å²) in [6.45, 7) is 8.46. The quantitative estimate of drug-likeness (QED) is 0.400. The fourth-order valence-corrected chi connectivity index (χ4v) is 4.08. The van der Waals surface area contributed by atoms with Gasteiger partial charge in [-0.05, 0) is 31.6 Å². The molecule has 0 saturated carbocycles. The molecule has 3 N–H and O–H groups in total. The van der Waals surface area contributed by atoms with Gasteiger partial charge in [-0.15, -0.1) is 11.3 Å². The number of aliphatic hydroxyl groups excluding tert-OH is 1. The lowest BCUT2D eigenvalue weighted by atomic mass is 9.94. The van der Waals surface area contributed by atoms with Crippen molar-refractivity contribution in [3.63, 3.8) is 0 Å². The molecule has 3 atom stereocenters. The number of aromatic nitrogens is 1. The van der Waals surface area contributed by atoms with Gasteiger partial charge in [-0.2, -0.15) is 0 Å².